The third kappa shape index (κ3) is 5.21. The van der Waals surface area contributed by atoms with Crippen molar-refractivity contribution in [1.82, 2.24) is 0 Å². The van der Waals surface area contributed by atoms with Crippen LogP contribution in [0.5, 0.6) is 11.5 Å². The van der Waals surface area contributed by atoms with Gasteiger partial charge in [-0.2, -0.15) is 0 Å². The summed E-state index contributed by atoms with van der Waals surface area (Å²) < 4.78 is 10.4. The summed E-state index contributed by atoms with van der Waals surface area (Å²) in [5.41, 5.74) is 0. The van der Waals surface area contributed by atoms with Crippen molar-refractivity contribution >= 4 is 6.47 Å². The van der Waals surface area contributed by atoms with Crippen LogP contribution in [-0.2, 0) is 4.79 Å². The van der Waals surface area contributed by atoms with Gasteiger partial charge in [0.15, 0.2) is 0 Å². The number of benzene rings is 1. The first kappa shape index (κ1) is 14.6. The Kier molecular flexibility index (Phi) is 6.92. The Morgan fingerprint density at radius 1 is 1.28 bits per heavy atom. The van der Waals surface area contributed by atoms with Crippen molar-refractivity contribution in [2.24, 2.45) is 5.92 Å². The number of carbonyl (C=O) groups excluding carboxylic acids is 1. The first-order valence-corrected chi connectivity index (χ1v) is 6.57. The van der Waals surface area contributed by atoms with Gasteiger partial charge in [-0.1, -0.05) is 39.2 Å². The van der Waals surface area contributed by atoms with E-state index in [0.29, 0.717) is 18.3 Å². The average Bonchev–Trinajstić information content (AvgIpc) is 2.40. The molecule has 1 unspecified atom stereocenters. The minimum atomic E-state index is 0.462. The predicted molar refractivity (Wildman–Crippen MR) is 71.6 cm³/mol. The third-order valence-corrected chi connectivity index (χ3v) is 2.99. The summed E-state index contributed by atoms with van der Waals surface area (Å²) in [4.78, 5) is 10.1. The van der Waals surface area contributed by atoms with Crippen LogP contribution < -0.4 is 9.47 Å². The molecular formula is C15H21O3. The van der Waals surface area contributed by atoms with Crippen LogP contribution in [0.3, 0.4) is 0 Å². The van der Waals surface area contributed by atoms with Gasteiger partial charge in [-0.15, -0.1) is 0 Å². The molecular weight excluding hydrogens is 228 g/mol. The summed E-state index contributed by atoms with van der Waals surface area (Å²) in [5.74, 6) is 1.79. The second kappa shape index (κ2) is 8.56. The van der Waals surface area contributed by atoms with Crippen molar-refractivity contribution in [3.8, 4) is 11.5 Å². The standard InChI is InChI=1S/C15H21O3/c1-3-5-7-13(4-2)11-17-14-8-6-9-15(10-14)18-12-16/h6,8-10,13H,3-5,7,11H2,1-2H3. The zero-order valence-corrected chi connectivity index (χ0v) is 11.1. The fraction of sp³-hybridized carbons (Fsp3) is 0.533. The SMILES string of the molecule is CCCCC(CC)COc1cccc(O[C]=O)c1. The number of ether oxygens (including phenoxy) is 2. The highest BCUT2D eigenvalue weighted by molar-refractivity contribution is 5.47. The molecule has 0 aromatic heterocycles. The zero-order chi connectivity index (χ0) is 13.2. The Bertz CT molecular complexity index is 349. The lowest BCUT2D eigenvalue weighted by atomic mass is 10.0. The Labute approximate surface area is 109 Å². The summed E-state index contributed by atoms with van der Waals surface area (Å²) in [6.45, 7) is 6.51. The van der Waals surface area contributed by atoms with Crippen molar-refractivity contribution < 1.29 is 14.3 Å². The largest absolute Gasteiger partial charge is 0.493 e. The van der Waals surface area contributed by atoms with Gasteiger partial charge >= 0.3 is 6.47 Å². The molecule has 0 bridgehead atoms. The molecule has 18 heavy (non-hydrogen) atoms. The summed E-state index contributed by atoms with van der Waals surface area (Å²) in [6.07, 6.45) is 4.78. The normalized spacial score (nSPS) is 11.9. The van der Waals surface area contributed by atoms with Gasteiger partial charge in [0, 0.05) is 6.07 Å². The molecule has 0 amide bonds. The van der Waals surface area contributed by atoms with Crippen LogP contribution in [0.25, 0.3) is 0 Å². The molecule has 0 N–H and O–H groups in total. The highest BCUT2D eigenvalue weighted by Gasteiger charge is 2.07. The molecule has 0 aliphatic rings. The number of hydrogen-bond donors (Lipinski definition) is 0. The van der Waals surface area contributed by atoms with Crippen LogP contribution in [0.15, 0.2) is 24.3 Å². The van der Waals surface area contributed by atoms with E-state index in [4.69, 9.17) is 4.74 Å². The molecule has 1 rings (SSSR count). The van der Waals surface area contributed by atoms with Gasteiger partial charge in [-0.05, 0) is 24.5 Å². The molecule has 3 nitrogen and oxygen atoms in total. The Morgan fingerprint density at radius 3 is 2.72 bits per heavy atom. The quantitative estimate of drug-likeness (QED) is 0.669. The molecule has 1 atom stereocenters. The summed E-state index contributed by atoms with van der Waals surface area (Å²) in [7, 11) is 0. The van der Waals surface area contributed by atoms with Crippen LogP contribution in [0.2, 0.25) is 0 Å². The van der Waals surface area contributed by atoms with Gasteiger partial charge in [0.25, 0.3) is 0 Å². The summed E-state index contributed by atoms with van der Waals surface area (Å²) >= 11 is 0. The van der Waals surface area contributed by atoms with E-state index in [9.17, 15) is 4.79 Å². The lowest BCUT2D eigenvalue weighted by Gasteiger charge is -2.15. The Balaban J connectivity index is 2.45. The Hall–Kier alpha value is -1.51. The fourth-order valence-electron chi connectivity index (χ4n) is 1.79. The number of unbranched alkanes of at least 4 members (excludes halogenated alkanes) is 1. The van der Waals surface area contributed by atoms with Gasteiger partial charge in [0.2, 0.25) is 0 Å². The van der Waals surface area contributed by atoms with Crippen LogP contribution >= 0.6 is 0 Å². The van der Waals surface area contributed by atoms with Crippen molar-refractivity contribution in [3.05, 3.63) is 24.3 Å². The molecule has 1 aromatic rings. The maximum Gasteiger partial charge on any atom is 0.423 e. The van der Waals surface area contributed by atoms with E-state index >= 15 is 0 Å². The van der Waals surface area contributed by atoms with Crippen molar-refractivity contribution in [1.29, 1.82) is 0 Å². The molecule has 0 saturated heterocycles. The monoisotopic (exact) mass is 249 g/mol. The highest BCUT2D eigenvalue weighted by atomic mass is 16.5. The molecule has 1 radical (unpaired) electrons. The molecule has 99 valence electrons. The molecule has 0 heterocycles. The second-order valence-electron chi connectivity index (χ2n) is 4.39. The van der Waals surface area contributed by atoms with Crippen LogP contribution in [0.1, 0.15) is 39.5 Å². The van der Waals surface area contributed by atoms with Crippen LogP contribution in [-0.4, -0.2) is 13.1 Å². The molecule has 0 saturated carbocycles. The predicted octanol–water partition coefficient (Wildman–Crippen LogP) is 3.73. The van der Waals surface area contributed by atoms with Crippen molar-refractivity contribution in [3.63, 3.8) is 0 Å². The topological polar surface area (TPSA) is 35.5 Å². The lowest BCUT2D eigenvalue weighted by Crippen LogP contribution is -2.11. The number of rotatable bonds is 9. The lowest BCUT2D eigenvalue weighted by molar-refractivity contribution is 0.233. The van der Waals surface area contributed by atoms with E-state index in [-0.39, 0.29) is 0 Å². The minimum absolute atomic E-state index is 0.462. The molecule has 0 aliphatic carbocycles. The van der Waals surface area contributed by atoms with Crippen molar-refractivity contribution in [2.75, 3.05) is 6.61 Å². The van der Waals surface area contributed by atoms with E-state index < -0.39 is 0 Å². The van der Waals surface area contributed by atoms with Crippen LogP contribution in [0, 0.1) is 5.92 Å². The van der Waals surface area contributed by atoms with Gasteiger partial charge in [0.05, 0.1) is 6.61 Å². The van der Waals surface area contributed by atoms with Gasteiger partial charge in [0.1, 0.15) is 11.5 Å². The molecule has 3 heteroatoms. The smallest absolute Gasteiger partial charge is 0.423 e. The van der Waals surface area contributed by atoms with E-state index in [1.54, 1.807) is 18.2 Å². The molecule has 1 aromatic carbocycles. The van der Waals surface area contributed by atoms with E-state index in [0.717, 1.165) is 12.2 Å². The summed E-state index contributed by atoms with van der Waals surface area (Å²) in [5, 5.41) is 0. The first-order valence-electron chi connectivity index (χ1n) is 6.57. The van der Waals surface area contributed by atoms with Gasteiger partial charge in [-0.25, -0.2) is 4.79 Å². The first-order chi connectivity index (χ1) is 8.80. The van der Waals surface area contributed by atoms with Gasteiger partial charge in [-0.3, -0.25) is 0 Å². The highest BCUT2D eigenvalue weighted by Crippen LogP contribution is 2.21. The molecule has 0 spiro atoms. The molecule has 0 fully saturated rings. The third-order valence-electron chi connectivity index (χ3n) is 2.99. The van der Waals surface area contributed by atoms with Gasteiger partial charge < -0.3 is 9.47 Å². The maximum absolute atomic E-state index is 10.1. The zero-order valence-electron chi connectivity index (χ0n) is 11.1. The van der Waals surface area contributed by atoms with E-state index in [1.165, 1.54) is 25.7 Å². The summed E-state index contributed by atoms with van der Waals surface area (Å²) in [6, 6.07) is 7.07. The van der Waals surface area contributed by atoms with E-state index in [2.05, 4.69) is 18.6 Å². The van der Waals surface area contributed by atoms with E-state index in [1.807, 2.05) is 6.07 Å². The minimum Gasteiger partial charge on any atom is -0.493 e. The average molecular weight is 249 g/mol. The molecule has 0 aliphatic heterocycles. The van der Waals surface area contributed by atoms with Crippen LogP contribution in [0.4, 0.5) is 0 Å². The second-order valence-corrected chi connectivity index (χ2v) is 4.39. The Morgan fingerprint density at radius 2 is 2.06 bits per heavy atom. The van der Waals surface area contributed by atoms with Crippen molar-refractivity contribution in [2.45, 2.75) is 39.5 Å². The number of hydrogen-bond acceptors (Lipinski definition) is 3. The maximum atomic E-state index is 10.1. The fourth-order valence-corrected chi connectivity index (χ4v) is 1.79.